The van der Waals surface area contributed by atoms with Crippen LogP contribution in [-0.2, 0) is 17.5 Å². The van der Waals surface area contributed by atoms with E-state index in [1.54, 1.807) is 17.9 Å². The Kier molecular flexibility index (Phi) is 5.22. The van der Waals surface area contributed by atoms with Crippen molar-refractivity contribution in [3.8, 4) is 0 Å². The molecule has 1 aromatic carbocycles. The molecule has 9 heteroatoms. The first kappa shape index (κ1) is 20.3. The first-order valence-electron chi connectivity index (χ1n) is 9.06. The molecule has 1 saturated heterocycles. The van der Waals surface area contributed by atoms with E-state index in [2.05, 4.69) is 10.3 Å². The lowest BCUT2D eigenvalue weighted by Gasteiger charge is -2.43. The van der Waals surface area contributed by atoms with Crippen LogP contribution >= 0.6 is 0 Å². The molecule has 1 amide bonds. The number of benzene rings is 1. The number of aromatic nitrogens is 3. The van der Waals surface area contributed by atoms with Gasteiger partial charge in [-0.3, -0.25) is 4.79 Å². The van der Waals surface area contributed by atoms with Crippen molar-refractivity contribution in [3.05, 3.63) is 46.8 Å². The molecule has 2 heterocycles. The Labute approximate surface area is 161 Å². The van der Waals surface area contributed by atoms with E-state index in [9.17, 15) is 18.0 Å². The number of aryl methyl sites for hydroxylation is 2. The van der Waals surface area contributed by atoms with Gasteiger partial charge in [-0.25, -0.2) is 4.68 Å². The lowest BCUT2D eigenvalue weighted by molar-refractivity contribution is -0.138. The van der Waals surface area contributed by atoms with Crippen molar-refractivity contribution in [1.82, 2.24) is 19.9 Å². The number of nitrogens with zero attached hydrogens (tertiary/aromatic N) is 4. The van der Waals surface area contributed by atoms with Crippen LogP contribution in [0.5, 0.6) is 0 Å². The van der Waals surface area contributed by atoms with Gasteiger partial charge in [0.1, 0.15) is 11.8 Å². The van der Waals surface area contributed by atoms with Crippen LogP contribution in [0.2, 0.25) is 0 Å². The summed E-state index contributed by atoms with van der Waals surface area (Å²) < 4.78 is 46.8. The molecule has 0 bridgehead atoms. The smallest absolute Gasteiger partial charge is 0.364 e. The summed E-state index contributed by atoms with van der Waals surface area (Å²) in [6.07, 6.45) is -5.10. The fraction of sp³-hybridized carbons (Fsp3) is 0.526. The molecule has 1 unspecified atom stereocenters. The number of alkyl halides is 3. The highest BCUT2D eigenvalue weighted by molar-refractivity contribution is 5.93. The van der Waals surface area contributed by atoms with E-state index in [0.29, 0.717) is 30.0 Å². The zero-order chi connectivity index (χ0) is 20.7. The molecule has 1 aliphatic rings. The molecule has 0 radical (unpaired) electrons. The number of amides is 1. The maximum absolute atomic E-state index is 13.1. The molecule has 28 heavy (non-hydrogen) atoms. The van der Waals surface area contributed by atoms with Gasteiger partial charge in [-0.15, -0.1) is 5.10 Å². The van der Waals surface area contributed by atoms with Crippen LogP contribution in [0.25, 0.3) is 0 Å². The largest absolute Gasteiger partial charge is 0.416 e. The van der Waals surface area contributed by atoms with Crippen molar-refractivity contribution in [2.24, 2.45) is 0 Å². The summed E-state index contributed by atoms with van der Waals surface area (Å²) in [5.41, 5.74) is -0.154. The maximum Gasteiger partial charge on any atom is 0.416 e. The monoisotopic (exact) mass is 396 g/mol. The molecule has 3 rings (SSSR count). The number of morpholine rings is 1. The SMILES string of the molecule is CCn1nnc(C)c1C(=O)N1CC(c2cccc(C(F)(F)F)c2)OC(C)(C)C1. The predicted molar refractivity (Wildman–Crippen MR) is 95.7 cm³/mol. The molecule has 0 N–H and O–H groups in total. The van der Waals surface area contributed by atoms with Crippen molar-refractivity contribution < 1.29 is 22.7 Å². The minimum absolute atomic E-state index is 0.151. The average Bonchev–Trinajstić information content (AvgIpc) is 2.99. The number of carbonyl (C=O) groups excluding carboxylic acids is 1. The van der Waals surface area contributed by atoms with E-state index in [0.717, 1.165) is 12.1 Å². The Morgan fingerprint density at radius 2 is 2.07 bits per heavy atom. The fourth-order valence-corrected chi connectivity index (χ4v) is 3.46. The molecule has 1 aromatic heterocycles. The zero-order valence-corrected chi connectivity index (χ0v) is 16.2. The minimum atomic E-state index is -4.44. The lowest BCUT2D eigenvalue weighted by Crippen LogP contribution is -2.52. The fourth-order valence-electron chi connectivity index (χ4n) is 3.46. The van der Waals surface area contributed by atoms with E-state index in [1.807, 2.05) is 20.8 Å². The Hall–Kier alpha value is -2.42. The quantitative estimate of drug-likeness (QED) is 0.795. The average molecular weight is 396 g/mol. The van der Waals surface area contributed by atoms with Gasteiger partial charge in [0.05, 0.1) is 23.4 Å². The highest BCUT2D eigenvalue weighted by Gasteiger charge is 2.39. The molecular formula is C19H23F3N4O2. The van der Waals surface area contributed by atoms with Crippen LogP contribution in [0.4, 0.5) is 13.2 Å². The highest BCUT2D eigenvalue weighted by atomic mass is 19.4. The molecule has 6 nitrogen and oxygen atoms in total. The van der Waals surface area contributed by atoms with E-state index in [1.165, 1.54) is 10.7 Å². The van der Waals surface area contributed by atoms with E-state index in [4.69, 9.17) is 4.74 Å². The second-order valence-electron chi connectivity index (χ2n) is 7.51. The maximum atomic E-state index is 13.1. The van der Waals surface area contributed by atoms with Crippen molar-refractivity contribution >= 4 is 5.91 Å². The summed E-state index contributed by atoms with van der Waals surface area (Å²) in [4.78, 5) is 14.7. The molecule has 0 saturated carbocycles. The van der Waals surface area contributed by atoms with Gasteiger partial charge in [0.2, 0.25) is 0 Å². The Morgan fingerprint density at radius 3 is 2.71 bits per heavy atom. The predicted octanol–water partition coefficient (Wildman–Crippen LogP) is 3.62. The number of ether oxygens (including phenoxy) is 1. The van der Waals surface area contributed by atoms with E-state index >= 15 is 0 Å². The van der Waals surface area contributed by atoms with Crippen molar-refractivity contribution in [2.45, 2.75) is 52.1 Å². The molecule has 1 atom stereocenters. The van der Waals surface area contributed by atoms with Crippen molar-refractivity contribution in [2.75, 3.05) is 13.1 Å². The Bertz CT molecular complexity index is 876. The third kappa shape index (κ3) is 4.04. The van der Waals surface area contributed by atoms with Gasteiger partial charge in [0.15, 0.2) is 0 Å². The topological polar surface area (TPSA) is 60.2 Å². The van der Waals surface area contributed by atoms with Crippen LogP contribution in [-0.4, -0.2) is 44.5 Å². The van der Waals surface area contributed by atoms with Gasteiger partial charge in [-0.05, 0) is 45.4 Å². The van der Waals surface area contributed by atoms with Gasteiger partial charge in [-0.2, -0.15) is 13.2 Å². The van der Waals surface area contributed by atoms with Gasteiger partial charge < -0.3 is 9.64 Å². The molecular weight excluding hydrogens is 373 g/mol. The normalized spacial score (nSPS) is 19.7. The minimum Gasteiger partial charge on any atom is -0.364 e. The molecule has 2 aromatic rings. The van der Waals surface area contributed by atoms with Crippen LogP contribution in [0, 0.1) is 6.92 Å². The van der Waals surface area contributed by atoms with Crippen LogP contribution in [0.1, 0.15) is 54.2 Å². The van der Waals surface area contributed by atoms with Crippen molar-refractivity contribution in [1.29, 1.82) is 0 Å². The number of hydrogen-bond acceptors (Lipinski definition) is 4. The molecule has 0 spiro atoms. The first-order valence-corrected chi connectivity index (χ1v) is 9.06. The third-order valence-electron chi connectivity index (χ3n) is 4.70. The summed E-state index contributed by atoms with van der Waals surface area (Å²) in [6, 6.07) is 5.05. The van der Waals surface area contributed by atoms with Crippen LogP contribution in [0.15, 0.2) is 24.3 Å². The van der Waals surface area contributed by atoms with Crippen LogP contribution in [0.3, 0.4) is 0 Å². The molecule has 152 valence electrons. The Morgan fingerprint density at radius 1 is 1.36 bits per heavy atom. The summed E-state index contributed by atoms with van der Waals surface area (Å²) in [5, 5.41) is 7.93. The standard InChI is InChI=1S/C19H23F3N4O2/c1-5-26-16(12(2)23-24-26)17(27)25-10-15(28-18(3,4)11-25)13-7-6-8-14(9-13)19(20,21)22/h6-9,15H,5,10-11H2,1-4H3. The van der Waals surface area contributed by atoms with Gasteiger partial charge in [0, 0.05) is 13.1 Å². The second kappa shape index (κ2) is 7.20. The molecule has 1 aliphatic heterocycles. The number of rotatable bonds is 3. The van der Waals surface area contributed by atoms with Gasteiger partial charge in [-0.1, -0.05) is 17.3 Å². The highest BCUT2D eigenvalue weighted by Crippen LogP contribution is 2.35. The van der Waals surface area contributed by atoms with Gasteiger partial charge >= 0.3 is 6.18 Å². The van der Waals surface area contributed by atoms with E-state index < -0.39 is 23.4 Å². The number of halogens is 3. The second-order valence-corrected chi connectivity index (χ2v) is 7.51. The summed E-state index contributed by atoms with van der Waals surface area (Å²) in [7, 11) is 0. The van der Waals surface area contributed by atoms with Gasteiger partial charge in [0.25, 0.3) is 5.91 Å². The summed E-state index contributed by atoms with van der Waals surface area (Å²) >= 11 is 0. The molecule has 1 fully saturated rings. The summed E-state index contributed by atoms with van der Waals surface area (Å²) in [6.45, 7) is 8.16. The van der Waals surface area contributed by atoms with E-state index in [-0.39, 0.29) is 12.5 Å². The molecule has 0 aliphatic carbocycles. The lowest BCUT2D eigenvalue weighted by atomic mass is 9.99. The Balaban J connectivity index is 1.92. The van der Waals surface area contributed by atoms with Crippen molar-refractivity contribution in [3.63, 3.8) is 0 Å². The first-order chi connectivity index (χ1) is 13.0. The zero-order valence-electron chi connectivity index (χ0n) is 16.2. The number of carbonyl (C=O) groups is 1. The summed E-state index contributed by atoms with van der Waals surface area (Å²) in [5.74, 6) is -0.252. The number of hydrogen-bond donors (Lipinski definition) is 0. The third-order valence-corrected chi connectivity index (χ3v) is 4.70. The van der Waals surface area contributed by atoms with Crippen LogP contribution < -0.4 is 0 Å².